The summed E-state index contributed by atoms with van der Waals surface area (Å²) in [6.07, 6.45) is 2.32. The highest BCUT2D eigenvalue weighted by molar-refractivity contribution is 5.91. The van der Waals surface area contributed by atoms with E-state index in [0.717, 1.165) is 31.6 Å². The Balaban J connectivity index is 2.16. The second kappa shape index (κ2) is 5.11. The highest BCUT2D eigenvalue weighted by Crippen LogP contribution is 2.34. The Morgan fingerprint density at radius 2 is 1.95 bits per heavy atom. The first kappa shape index (κ1) is 13.7. The van der Waals surface area contributed by atoms with Crippen molar-refractivity contribution in [2.45, 2.75) is 26.7 Å². The summed E-state index contributed by atoms with van der Waals surface area (Å²) in [4.78, 5) is 13.7. The van der Waals surface area contributed by atoms with Crippen molar-refractivity contribution in [3.05, 3.63) is 23.8 Å². The molecule has 1 heterocycles. The van der Waals surface area contributed by atoms with E-state index in [1.54, 1.807) is 12.1 Å². The lowest BCUT2D eigenvalue weighted by Crippen LogP contribution is -2.37. The van der Waals surface area contributed by atoms with Crippen LogP contribution in [0.4, 0.5) is 11.4 Å². The fourth-order valence-corrected chi connectivity index (χ4v) is 2.44. The molecule has 4 heteroatoms. The lowest BCUT2D eigenvalue weighted by molar-refractivity contribution is 0.0601. The van der Waals surface area contributed by atoms with E-state index < -0.39 is 0 Å². The van der Waals surface area contributed by atoms with Gasteiger partial charge in [0.25, 0.3) is 0 Å². The lowest BCUT2D eigenvalue weighted by Gasteiger charge is -2.38. The molecule has 0 radical (unpaired) electrons. The van der Waals surface area contributed by atoms with Crippen LogP contribution in [0.1, 0.15) is 37.0 Å². The number of hydrogen-bond acceptors (Lipinski definition) is 4. The van der Waals surface area contributed by atoms with Gasteiger partial charge in [0, 0.05) is 13.1 Å². The third-order valence-corrected chi connectivity index (χ3v) is 3.91. The molecule has 0 unspecified atom stereocenters. The average molecular weight is 262 g/mol. The number of nitrogen functional groups attached to an aromatic ring is 1. The summed E-state index contributed by atoms with van der Waals surface area (Å²) in [6.45, 7) is 6.62. The van der Waals surface area contributed by atoms with E-state index in [9.17, 15) is 4.79 Å². The Morgan fingerprint density at radius 1 is 1.32 bits per heavy atom. The predicted octanol–water partition coefficient (Wildman–Crippen LogP) is 2.68. The molecule has 1 fully saturated rings. The predicted molar refractivity (Wildman–Crippen MR) is 77.4 cm³/mol. The van der Waals surface area contributed by atoms with Gasteiger partial charge >= 0.3 is 5.97 Å². The maximum absolute atomic E-state index is 11.4. The van der Waals surface area contributed by atoms with E-state index in [4.69, 9.17) is 10.5 Å². The molecule has 1 saturated heterocycles. The van der Waals surface area contributed by atoms with Crippen molar-refractivity contribution in [2.24, 2.45) is 5.41 Å². The first-order valence-corrected chi connectivity index (χ1v) is 6.66. The molecule has 1 aliphatic heterocycles. The molecule has 1 aliphatic rings. The quantitative estimate of drug-likeness (QED) is 0.657. The number of ether oxygens (including phenoxy) is 1. The Labute approximate surface area is 114 Å². The molecule has 0 aliphatic carbocycles. The number of anilines is 2. The van der Waals surface area contributed by atoms with E-state index >= 15 is 0 Å². The number of benzene rings is 1. The number of carbonyl (C=O) groups is 1. The second-order valence-electron chi connectivity index (χ2n) is 5.92. The molecule has 19 heavy (non-hydrogen) atoms. The van der Waals surface area contributed by atoms with Gasteiger partial charge < -0.3 is 15.4 Å². The van der Waals surface area contributed by atoms with Crippen LogP contribution in [-0.2, 0) is 4.74 Å². The van der Waals surface area contributed by atoms with Crippen LogP contribution >= 0.6 is 0 Å². The first-order valence-electron chi connectivity index (χ1n) is 6.66. The smallest absolute Gasteiger partial charge is 0.337 e. The molecule has 0 bridgehead atoms. The summed E-state index contributed by atoms with van der Waals surface area (Å²) in [5.41, 5.74) is 8.64. The van der Waals surface area contributed by atoms with E-state index in [0.29, 0.717) is 16.7 Å². The van der Waals surface area contributed by atoms with Gasteiger partial charge in [-0.25, -0.2) is 4.79 Å². The van der Waals surface area contributed by atoms with Crippen LogP contribution in [0.5, 0.6) is 0 Å². The van der Waals surface area contributed by atoms with Gasteiger partial charge in [-0.15, -0.1) is 0 Å². The summed E-state index contributed by atoms with van der Waals surface area (Å²) in [7, 11) is 1.37. The summed E-state index contributed by atoms with van der Waals surface area (Å²) in [6, 6.07) is 5.39. The molecule has 104 valence electrons. The largest absolute Gasteiger partial charge is 0.465 e. The number of nitrogens with two attached hydrogens (primary N) is 1. The summed E-state index contributed by atoms with van der Waals surface area (Å²) in [5.74, 6) is -0.349. The second-order valence-corrected chi connectivity index (χ2v) is 5.92. The molecular formula is C15H22N2O2. The van der Waals surface area contributed by atoms with Gasteiger partial charge in [0.1, 0.15) is 0 Å². The van der Waals surface area contributed by atoms with Crippen molar-refractivity contribution in [3.63, 3.8) is 0 Å². The summed E-state index contributed by atoms with van der Waals surface area (Å²) >= 11 is 0. The van der Waals surface area contributed by atoms with Crippen LogP contribution in [-0.4, -0.2) is 26.2 Å². The Hall–Kier alpha value is -1.71. The molecule has 1 aromatic carbocycles. The molecule has 0 spiro atoms. The van der Waals surface area contributed by atoms with Gasteiger partial charge in [0.2, 0.25) is 0 Å². The molecule has 1 aromatic rings. The van der Waals surface area contributed by atoms with E-state index in [2.05, 4.69) is 18.7 Å². The topological polar surface area (TPSA) is 55.6 Å². The minimum atomic E-state index is -0.349. The zero-order valence-electron chi connectivity index (χ0n) is 11.9. The van der Waals surface area contributed by atoms with Crippen LogP contribution in [0.15, 0.2) is 18.2 Å². The zero-order valence-corrected chi connectivity index (χ0v) is 11.9. The molecule has 0 saturated carbocycles. The molecule has 0 atom stereocenters. The van der Waals surface area contributed by atoms with Gasteiger partial charge in [-0.3, -0.25) is 0 Å². The van der Waals surface area contributed by atoms with Gasteiger partial charge in [-0.1, -0.05) is 13.8 Å². The van der Waals surface area contributed by atoms with Gasteiger partial charge in [-0.05, 0) is 36.5 Å². The highest BCUT2D eigenvalue weighted by atomic mass is 16.5. The molecule has 0 amide bonds. The SMILES string of the molecule is COC(=O)c1ccc(N2CCC(C)(C)CC2)c(N)c1. The van der Waals surface area contributed by atoms with E-state index in [-0.39, 0.29) is 5.97 Å². The highest BCUT2D eigenvalue weighted by Gasteiger charge is 2.26. The number of rotatable bonds is 2. The zero-order chi connectivity index (χ0) is 14.0. The van der Waals surface area contributed by atoms with Crippen molar-refractivity contribution < 1.29 is 9.53 Å². The Morgan fingerprint density at radius 3 is 2.47 bits per heavy atom. The monoisotopic (exact) mass is 262 g/mol. The van der Waals surface area contributed by atoms with E-state index in [1.165, 1.54) is 7.11 Å². The van der Waals surface area contributed by atoms with Crippen molar-refractivity contribution >= 4 is 17.3 Å². The van der Waals surface area contributed by atoms with Gasteiger partial charge in [0.05, 0.1) is 24.0 Å². The maximum Gasteiger partial charge on any atom is 0.337 e. The number of carbonyl (C=O) groups excluding carboxylic acids is 1. The van der Waals surface area contributed by atoms with Crippen molar-refractivity contribution in [2.75, 3.05) is 30.8 Å². The third kappa shape index (κ3) is 3.00. The minimum Gasteiger partial charge on any atom is -0.465 e. The lowest BCUT2D eigenvalue weighted by atomic mass is 9.82. The molecule has 2 rings (SSSR count). The maximum atomic E-state index is 11.4. The number of piperidine rings is 1. The van der Waals surface area contributed by atoms with Crippen LogP contribution < -0.4 is 10.6 Å². The van der Waals surface area contributed by atoms with Crippen LogP contribution in [0.3, 0.4) is 0 Å². The van der Waals surface area contributed by atoms with Crippen molar-refractivity contribution in [1.82, 2.24) is 0 Å². The standard InChI is InChI=1S/C15H22N2O2/c1-15(2)6-8-17(9-7-15)13-5-4-11(10-12(13)16)14(18)19-3/h4-5,10H,6-9,16H2,1-3H3. The Bertz CT molecular complexity index is 473. The summed E-state index contributed by atoms with van der Waals surface area (Å²) < 4.78 is 4.70. The fraction of sp³-hybridized carbons (Fsp3) is 0.533. The molecule has 2 N–H and O–H groups in total. The first-order chi connectivity index (χ1) is 8.93. The van der Waals surface area contributed by atoms with Gasteiger partial charge in [-0.2, -0.15) is 0 Å². The number of nitrogens with zero attached hydrogens (tertiary/aromatic N) is 1. The average Bonchev–Trinajstić information content (AvgIpc) is 2.38. The number of esters is 1. The third-order valence-electron chi connectivity index (χ3n) is 3.91. The minimum absolute atomic E-state index is 0.349. The van der Waals surface area contributed by atoms with Crippen LogP contribution in [0.2, 0.25) is 0 Å². The van der Waals surface area contributed by atoms with Crippen molar-refractivity contribution in [1.29, 1.82) is 0 Å². The fourth-order valence-electron chi connectivity index (χ4n) is 2.44. The number of hydrogen-bond donors (Lipinski definition) is 1. The van der Waals surface area contributed by atoms with Crippen LogP contribution in [0, 0.1) is 5.41 Å². The molecular weight excluding hydrogens is 240 g/mol. The van der Waals surface area contributed by atoms with Gasteiger partial charge in [0.15, 0.2) is 0 Å². The molecule has 0 aromatic heterocycles. The van der Waals surface area contributed by atoms with E-state index in [1.807, 2.05) is 6.07 Å². The van der Waals surface area contributed by atoms with Crippen LogP contribution in [0.25, 0.3) is 0 Å². The molecule has 4 nitrogen and oxygen atoms in total. The number of methoxy groups -OCH3 is 1. The normalized spacial score (nSPS) is 18.2. The summed E-state index contributed by atoms with van der Waals surface area (Å²) in [5, 5.41) is 0. The van der Waals surface area contributed by atoms with Crippen molar-refractivity contribution in [3.8, 4) is 0 Å². The Kier molecular flexibility index (Phi) is 3.69.